The van der Waals surface area contributed by atoms with E-state index in [0.717, 1.165) is 6.42 Å². The Kier molecular flexibility index (Phi) is 4.06. The normalized spacial score (nSPS) is 14.0. The van der Waals surface area contributed by atoms with Crippen LogP contribution in [0.5, 0.6) is 0 Å². The molecule has 1 aromatic heterocycles. The quantitative estimate of drug-likeness (QED) is 0.827. The fourth-order valence-electron chi connectivity index (χ4n) is 1.34. The lowest BCUT2D eigenvalue weighted by Crippen LogP contribution is -2.19. The number of aromatic nitrogens is 2. The van der Waals surface area contributed by atoms with Crippen LogP contribution in [0.1, 0.15) is 32.0 Å². The highest BCUT2D eigenvalue weighted by atomic mass is 32.2. The molecule has 0 saturated carbocycles. The summed E-state index contributed by atoms with van der Waals surface area (Å²) < 4.78 is 29.1. The maximum Gasteiger partial charge on any atom is 0.255 e. The Bertz CT molecular complexity index is 453. The third-order valence-electron chi connectivity index (χ3n) is 2.34. The van der Waals surface area contributed by atoms with E-state index >= 15 is 0 Å². The number of hydrogen-bond donors (Lipinski definition) is 1. The van der Waals surface area contributed by atoms with Gasteiger partial charge in [-0.2, -0.15) is 5.10 Å². The number of ether oxygens (including phenoxy) is 1. The van der Waals surface area contributed by atoms with Gasteiger partial charge in [-0.3, -0.25) is 0 Å². The van der Waals surface area contributed by atoms with Gasteiger partial charge in [0.1, 0.15) is 0 Å². The highest BCUT2D eigenvalue weighted by molar-refractivity contribution is 7.89. The van der Waals surface area contributed by atoms with Crippen molar-refractivity contribution in [2.75, 3.05) is 7.11 Å². The number of hydrogen-bond acceptors (Lipinski definition) is 4. The summed E-state index contributed by atoms with van der Waals surface area (Å²) in [4.78, 5) is 0. The van der Waals surface area contributed by atoms with Gasteiger partial charge in [-0.05, 0) is 13.3 Å². The Morgan fingerprint density at radius 2 is 2.25 bits per heavy atom. The van der Waals surface area contributed by atoms with Gasteiger partial charge < -0.3 is 4.74 Å². The number of methoxy groups -OCH3 is 1. The van der Waals surface area contributed by atoms with Gasteiger partial charge in [-0.25, -0.2) is 18.2 Å². The molecule has 16 heavy (non-hydrogen) atoms. The SMILES string of the molecule is CCC(C)n1nc(COC)cc1S(N)(=O)=O. The second-order valence-electron chi connectivity index (χ2n) is 3.65. The van der Waals surface area contributed by atoms with E-state index in [9.17, 15) is 8.42 Å². The monoisotopic (exact) mass is 247 g/mol. The number of nitrogens with zero attached hydrogens (tertiary/aromatic N) is 2. The molecule has 1 atom stereocenters. The lowest BCUT2D eigenvalue weighted by atomic mass is 10.3. The second-order valence-corrected chi connectivity index (χ2v) is 5.16. The molecule has 0 aliphatic heterocycles. The molecule has 0 amide bonds. The third-order valence-corrected chi connectivity index (χ3v) is 3.23. The average Bonchev–Trinajstić information content (AvgIpc) is 2.61. The first-order chi connectivity index (χ1) is 7.40. The summed E-state index contributed by atoms with van der Waals surface area (Å²) in [5, 5.41) is 9.34. The van der Waals surface area contributed by atoms with Crippen molar-refractivity contribution >= 4 is 10.0 Å². The number of sulfonamides is 1. The predicted octanol–water partition coefficient (Wildman–Crippen LogP) is 0.648. The van der Waals surface area contributed by atoms with Crippen LogP contribution in [0.2, 0.25) is 0 Å². The van der Waals surface area contributed by atoms with Crippen molar-refractivity contribution in [2.24, 2.45) is 5.14 Å². The molecule has 0 radical (unpaired) electrons. The molecule has 0 spiro atoms. The standard InChI is InChI=1S/C9H17N3O3S/c1-4-7(2)12-9(16(10,13)14)5-8(11-12)6-15-3/h5,7H,4,6H2,1-3H3,(H2,10,13,14). The Balaban J connectivity index is 3.23. The topological polar surface area (TPSA) is 87.2 Å². The Labute approximate surface area is 95.4 Å². The zero-order valence-electron chi connectivity index (χ0n) is 9.67. The molecule has 0 aromatic carbocycles. The fourth-order valence-corrected chi connectivity index (χ4v) is 2.13. The van der Waals surface area contributed by atoms with Crippen LogP contribution < -0.4 is 5.14 Å². The molecule has 6 nitrogen and oxygen atoms in total. The molecule has 0 aliphatic rings. The van der Waals surface area contributed by atoms with E-state index in [-0.39, 0.29) is 17.7 Å². The van der Waals surface area contributed by atoms with E-state index in [1.54, 1.807) is 0 Å². The van der Waals surface area contributed by atoms with Gasteiger partial charge in [-0.1, -0.05) is 6.92 Å². The van der Waals surface area contributed by atoms with Gasteiger partial charge in [0.05, 0.1) is 18.3 Å². The number of nitrogens with two attached hydrogens (primary N) is 1. The van der Waals surface area contributed by atoms with Gasteiger partial charge in [0.2, 0.25) is 0 Å². The molecule has 0 fully saturated rings. The van der Waals surface area contributed by atoms with Gasteiger partial charge >= 0.3 is 0 Å². The van der Waals surface area contributed by atoms with E-state index in [1.165, 1.54) is 17.9 Å². The second kappa shape index (κ2) is 4.94. The van der Waals surface area contributed by atoms with Crippen LogP contribution in [-0.2, 0) is 21.4 Å². The first-order valence-electron chi connectivity index (χ1n) is 5.00. The van der Waals surface area contributed by atoms with Crippen LogP contribution in [0.25, 0.3) is 0 Å². The fraction of sp³-hybridized carbons (Fsp3) is 0.667. The molecule has 2 N–H and O–H groups in total. The van der Waals surface area contributed by atoms with Crippen molar-refractivity contribution < 1.29 is 13.2 Å². The summed E-state index contributed by atoms with van der Waals surface area (Å²) in [6.07, 6.45) is 0.774. The molecular formula is C9H17N3O3S. The van der Waals surface area contributed by atoms with Crippen molar-refractivity contribution in [1.82, 2.24) is 9.78 Å². The first-order valence-corrected chi connectivity index (χ1v) is 6.55. The van der Waals surface area contributed by atoms with Crippen LogP contribution >= 0.6 is 0 Å². The van der Waals surface area contributed by atoms with Crippen molar-refractivity contribution in [1.29, 1.82) is 0 Å². The van der Waals surface area contributed by atoms with Crippen LogP contribution in [0.4, 0.5) is 0 Å². The highest BCUT2D eigenvalue weighted by Gasteiger charge is 2.20. The molecule has 0 bridgehead atoms. The summed E-state index contributed by atoms with van der Waals surface area (Å²) in [6, 6.07) is 1.43. The molecule has 1 rings (SSSR count). The summed E-state index contributed by atoms with van der Waals surface area (Å²) in [5.74, 6) is 0. The van der Waals surface area contributed by atoms with Crippen molar-refractivity contribution in [3.63, 3.8) is 0 Å². The van der Waals surface area contributed by atoms with Gasteiger partial charge in [0.25, 0.3) is 10.0 Å². The van der Waals surface area contributed by atoms with Crippen LogP contribution in [0, 0.1) is 0 Å². The summed E-state index contributed by atoms with van der Waals surface area (Å²) in [6.45, 7) is 4.11. The molecule has 0 aliphatic carbocycles. The first kappa shape index (κ1) is 13.1. The molecule has 1 unspecified atom stereocenters. The maximum atomic E-state index is 11.4. The Hall–Kier alpha value is -0.920. The number of primary sulfonamides is 1. The van der Waals surface area contributed by atoms with E-state index in [4.69, 9.17) is 9.88 Å². The summed E-state index contributed by atoms with van der Waals surface area (Å²) in [7, 11) is -2.21. The molecule has 1 heterocycles. The van der Waals surface area contributed by atoms with Crippen molar-refractivity contribution in [3.05, 3.63) is 11.8 Å². The summed E-state index contributed by atoms with van der Waals surface area (Å²) >= 11 is 0. The lowest BCUT2D eigenvalue weighted by Gasteiger charge is -2.11. The van der Waals surface area contributed by atoms with Crippen molar-refractivity contribution in [3.8, 4) is 0 Å². The van der Waals surface area contributed by atoms with E-state index in [1.807, 2.05) is 13.8 Å². The van der Waals surface area contributed by atoms with E-state index in [2.05, 4.69) is 5.10 Å². The molecule has 0 saturated heterocycles. The average molecular weight is 247 g/mol. The Morgan fingerprint density at radius 1 is 1.62 bits per heavy atom. The van der Waals surface area contributed by atoms with Crippen LogP contribution in [0.3, 0.4) is 0 Å². The van der Waals surface area contributed by atoms with Gasteiger partial charge in [0.15, 0.2) is 5.03 Å². The van der Waals surface area contributed by atoms with E-state index in [0.29, 0.717) is 5.69 Å². The van der Waals surface area contributed by atoms with Gasteiger partial charge in [-0.15, -0.1) is 0 Å². The predicted molar refractivity (Wildman–Crippen MR) is 59.3 cm³/mol. The zero-order chi connectivity index (χ0) is 12.3. The minimum absolute atomic E-state index is 0.0149. The lowest BCUT2D eigenvalue weighted by molar-refractivity contribution is 0.180. The third kappa shape index (κ3) is 2.81. The minimum Gasteiger partial charge on any atom is -0.378 e. The zero-order valence-corrected chi connectivity index (χ0v) is 10.5. The van der Waals surface area contributed by atoms with Crippen LogP contribution in [-0.4, -0.2) is 25.3 Å². The minimum atomic E-state index is -3.74. The molecule has 1 aromatic rings. The Morgan fingerprint density at radius 3 is 2.69 bits per heavy atom. The van der Waals surface area contributed by atoms with Crippen molar-refractivity contribution in [2.45, 2.75) is 37.9 Å². The highest BCUT2D eigenvalue weighted by Crippen LogP contribution is 2.18. The van der Waals surface area contributed by atoms with E-state index < -0.39 is 10.0 Å². The largest absolute Gasteiger partial charge is 0.378 e. The smallest absolute Gasteiger partial charge is 0.255 e. The molecule has 92 valence electrons. The summed E-state index contributed by atoms with van der Waals surface area (Å²) in [5.41, 5.74) is 0.562. The van der Waals surface area contributed by atoms with Crippen LogP contribution in [0.15, 0.2) is 11.1 Å². The molecular weight excluding hydrogens is 230 g/mol. The maximum absolute atomic E-state index is 11.4. The van der Waals surface area contributed by atoms with Gasteiger partial charge in [0, 0.05) is 13.2 Å². The number of rotatable bonds is 5. The molecule has 7 heteroatoms.